The van der Waals surface area contributed by atoms with Crippen LogP contribution in [0.25, 0.3) is 22.4 Å². The molecule has 10 nitrogen and oxygen atoms in total. The second kappa shape index (κ2) is 13.7. The van der Waals surface area contributed by atoms with Gasteiger partial charge in [-0.15, -0.1) is 11.3 Å². The number of thioether (sulfide) groups is 1. The van der Waals surface area contributed by atoms with Gasteiger partial charge in [0.05, 0.1) is 27.3 Å². The second-order valence-corrected chi connectivity index (χ2v) is 16.3. The summed E-state index contributed by atoms with van der Waals surface area (Å²) in [4.78, 5) is 13.4. The number of hydrogen-bond acceptors (Lipinski definition) is 10. The van der Waals surface area contributed by atoms with E-state index in [4.69, 9.17) is 0 Å². The van der Waals surface area contributed by atoms with Gasteiger partial charge in [-0.2, -0.15) is 4.57 Å². The zero-order valence-corrected chi connectivity index (χ0v) is 30.2. The first-order valence-electron chi connectivity index (χ1n) is 13.5. The molecule has 16 heteroatoms. The van der Waals surface area contributed by atoms with Crippen LogP contribution in [0.3, 0.4) is 0 Å². The maximum absolute atomic E-state index is 13.4. The Labute approximate surface area is 285 Å². The number of quaternary nitrogens is 1. The van der Waals surface area contributed by atoms with Gasteiger partial charge in [-0.3, -0.25) is 9.36 Å². The molecular formula is C27H31N3NaO7S5+. The molecule has 3 aromatic rings. The molecule has 2 aromatic heterocycles. The minimum atomic E-state index is -4.53. The van der Waals surface area contributed by atoms with E-state index >= 15 is 0 Å². The van der Waals surface area contributed by atoms with Gasteiger partial charge in [-0.05, 0) is 37.2 Å². The molecule has 1 saturated heterocycles. The monoisotopic (exact) mass is 692 g/mol. The summed E-state index contributed by atoms with van der Waals surface area (Å²) in [6.07, 6.45) is 7.16. The van der Waals surface area contributed by atoms with Crippen LogP contribution in [0.4, 0.5) is 0 Å². The molecule has 0 aliphatic carbocycles. The zero-order chi connectivity index (χ0) is 30.3. The SMILES string of the molecule is CCn1c(=Cc2sc3ccccc3[n+]2CCCCS(=O)(=O)[O-])sc(=CC=C2SC=C(C)[N+]23CCCC3S(=O)(=O)[O-])c1=O.[Na+]. The van der Waals surface area contributed by atoms with Crippen molar-refractivity contribution in [2.45, 2.75) is 58.0 Å². The number of allylic oxidation sites excluding steroid dienone is 2. The average Bonchev–Trinajstić information content (AvgIpc) is 3.66. The van der Waals surface area contributed by atoms with E-state index in [1.807, 2.05) is 49.6 Å². The standard InChI is InChI=1S/C27H31N3O7S5.Na/c1-3-28-23(17-24-29(14-6-7-16-41(32,33)34)20-9-4-5-10-21(20)39-24)40-22(27(28)31)12-13-25-30(19(2)18-38-25)15-8-11-26(30)42(35,36)37;/h4-5,9-10,12-13,17-18,26H,3,6-8,11,14-16H2,1-2H3;/q;+1. The van der Waals surface area contributed by atoms with Crippen LogP contribution in [0.2, 0.25) is 0 Å². The Balaban J connectivity index is 0.00000423. The Morgan fingerprint density at radius 2 is 1.86 bits per heavy atom. The summed E-state index contributed by atoms with van der Waals surface area (Å²) in [5.74, 6) is -0.404. The van der Waals surface area contributed by atoms with E-state index in [9.17, 15) is 30.7 Å². The van der Waals surface area contributed by atoms with Crippen molar-refractivity contribution >= 4 is 77.0 Å². The van der Waals surface area contributed by atoms with Crippen LogP contribution in [0.1, 0.15) is 44.5 Å². The van der Waals surface area contributed by atoms with Crippen LogP contribution in [0, 0.1) is 0 Å². The molecule has 2 unspecified atom stereocenters. The van der Waals surface area contributed by atoms with Gasteiger partial charge in [0.15, 0.2) is 27.1 Å². The fourth-order valence-corrected chi connectivity index (χ4v) is 11.1. The number of benzene rings is 1. The van der Waals surface area contributed by atoms with E-state index in [1.54, 1.807) is 28.1 Å². The van der Waals surface area contributed by atoms with Crippen LogP contribution >= 0.6 is 34.4 Å². The van der Waals surface area contributed by atoms with Gasteiger partial charge in [0, 0.05) is 56.0 Å². The van der Waals surface area contributed by atoms with Crippen LogP contribution < -0.4 is 48.9 Å². The van der Waals surface area contributed by atoms with Crippen LogP contribution in [0.5, 0.6) is 0 Å². The number of rotatable bonds is 9. The average molecular weight is 693 g/mol. The maximum Gasteiger partial charge on any atom is 1.00 e. The van der Waals surface area contributed by atoms with Crippen molar-refractivity contribution in [1.82, 2.24) is 4.57 Å². The van der Waals surface area contributed by atoms with Crippen LogP contribution in [-0.4, -0.2) is 52.7 Å². The summed E-state index contributed by atoms with van der Waals surface area (Å²) < 4.78 is 75.7. The number of hydrogen-bond donors (Lipinski definition) is 0. The number of unbranched alkanes of at least 4 members (excludes halogenated alkanes) is 1. The van der Waals surface area contributed by atoms with Gasteiger partial charge in [-0.25, -0.2) is 21.3 Å². The topological polar surface area (TPSA) is 140 Å². The first kappa shape index (κ1) is 34.8. The molecule has 4 heterocycles. The second-order valence-electron chi connectivity index (χ2n) is 10.3. The summed E-state index contributed by atoms with van der Waals surface area (Å²) >= 11 is 4.29. The summed E-state index contributed by atoms with van der Waals surface area (Å²) in [5.41, 5.74) is 1.64. The van der Waals surface area contributed by atoms with E-state index in [0.29, 0.717) is 43.4 Å². The number of para-hydroxylation sites is 1. The third-order valence-corrected chi connectivity index (χ3v) is 13.1. The molecule has 43 heavy (non-hydrogen) atoms. The van der Waals surface area contributed by atoms with Crippen molar-refractivity contribution in [3.63, 3.8) is 0 Å². The van der Waals surface area contributed by atoms with Crippen molar-refractivity contribution in [1.29, 1.82) is 0 Å². The molecule has 1 spiro atoms. The van der Waals surface area contributed by atoms with Gasteiger partial charge in [0.25, 0.3) is 10.6 Å². The van der Waals surface area contributed by atoms with E-state index < -0.39 is 31.4 Å². The molecule has 0 saturated carbocycles. The third kappa shape index (κ3) is 7.17. The minimum absolute atomic E-state index is 0. The molecule has 226 valence electrons. The van der Waals surface area contributed by atoms with Crippen LogP contribution in [0.15, 0.2) is 51.3 Å². The molecule has 0 N–H and O–H groups in total. The predicted molar refractivity (Wildman–Crippen MR) is 165 cm³/mol. The van der Waals surface area contributed by atoms with Crippen molar-refractivity contribution in [2.75, 3.05) is 12.3 Å². The molecule has 2 atom stereocenters. The number of nitrogens with zero attached hydrogens (tertiary/aromatic N) is 3. The van der Waals surface area contributed by atoms with E-state index in [0.717, 1.165) is 30.6 Å². The van der Waals surface area contributed by atoms with Crippen molar-refractivity contribution in [2.24, 2.45) is 0 Å². The van der Waals surface area contributed by atoms with E-state index in [-0.39, 0.29) is 46.0 Å². The van der Waals surface area contributed by atoms with Crippen molar-refractivity contribution in [3.8, 4) is 0 Å². The quantitative estimate of drug-likeness (QED) is 0.0944. The summed E-state index contributed by atoms with van der Waals surface area (Å²) in [7, 11) is -8.80. The molecule has 5 rings (SSSR count). The molecule has 0 radical (unpaired) electrons. The van der Waals surface area contributed by atoms with Gasteiger partial charge in [0.1, 0.15) is 15.1 Å². The predicted octanol–water partition coefficient (Wildman–Crippen LogP) is -0.698. The van der Waals surface area contributed by atoms with Crippen molar-refractivity contribution in [3.05, 3.63) is 71.0 Å². The van der Waals surface area contributed by atoms with Gasteiger partial charge in [0.2, 0.25) is 5.52 Å². The van der Waals surface area contributed by atoms with Gasteiger partial charge in [-0.1, -0.05) is 23.5 Å². The molecule has 1 aromatic carbocycles. The first-order valence-corrected chi connectivity index (χ1v) is 19.1. The zero-order valence-electron chi connectivity index (χ0n) is 24.1. The summed E-state index contributed by atoms with van der Waals surface area (Å²) in [6.45, 7) is 5.23. The van der Waals surface area contributed by atoms with Gasteiger partial charge < -0.3 is 9.11 Å². The first-order chi connectivity index (χ1) is 19.8. The molecule has 1 fully saturated rings. The third-order valence-electron chi connectivity index (χ3n) is 7.70. The Hall–Kier alpha value is -1.11. The number of thiazole rings is 2. The Morgan fingerprint density at radius 3 is 2.56 bits per heavy atom. The summed E-state index contributed by atoms with van der Waals surface area (Å²) in [6, 6.07) is 7.87. The normalized spacial score (nSPS) is 22.7. The maximum atomic E-state index is 13.4. The number of aromatic nitrogens is 2. The van der Waals surface area contributed by atoms with Crippen LogP contribution in [-0.2, 0) is 33.3 Å². The Morgan fingerprint density at radius 1 is 1.12 bits per heavy atom. The molecule has 2 aliphatic rings. The Kier molecular flexibility index (Phi) is 11.1. The minimum Gasteiger partial charge on any atom is -0.748 e. The number of fused-ring (bicyclic) bond motifs is 1. The fraction of sp³-hybridized carbons (Fsp3) is 0.407. The fourth-order valence-electron chi connectivity index (χ4n) is 5.73. The molecule has 0 amide bonds. The van der Waals surface area contributed by atoms with Gasteiger partial charge >= 0.3 is 29.6 Å². The molecular weight excluding hydrogens is 662 g/mol. The van der Waals surface area contributed by atoms with E-state index in [2.05, 4.69) is 4.57 Å². The number of aryl methyl sites for hydroxylation is 1. The summed E-state index contributed by atoms with van der Waals surface area (Å²) in [5, 5.41) is 2.43. The largest absolute Gasteiger partial charge is 1.00 e. The van der Waals surface area contributed by atoms with Crippen molar-refractivity contribution < 1.29 is 64.5 Å². The molecule has 2 aliphatic heterocycles. The van der Waals surface area contributed by atoms with E-state index in [1.165, 1.54) is 23.1 Å². The molecule has 0 bridgehead atoms. The Bertz CT molecular complexity index is 1990. The smallest absolute Gasteiger partial charge is 0.748 e.